The maximum Gasteiger partial charge on any atom is 0.416 e. The Balaban J connectivity index is 2.14. The average molecular weight is 461 g/mol. The molecule has 2 rings (SSSR count). The van der Waals surface area contributed by atoms with Crippen LogP contribution in [0.2, 0.25) is 0 Å². The summed E-state index contributed by atoms with van der Waals surface area (Å²) in [5.74, 6) is -0.737. The van der Waals surface area contributed by atoms with Crippen molar-refractivity contribution in [1.29, 1.82) is 0 Å². The Labute approximate surface area is 177 Å². The quantitative estimate of drug-likeness (QED) is 0.548. The monoisotopic (exact) mass is 461 g/mol. The maximum absolute atomic E-state index is 12.7. The van der Waals surface area contributed by atoms with Gasteiger partial charge in [0.15, 0.2) is 5.69 Å². The number of aliphatic hydroxyl groups is 1. The summed E-state index contributed by atoms with van der Waals surface area (Å²) in [6.07, 6.45) is -4.78. The number of pyridine rings is 1. The van der Waals surface area contributed by atoms with Gasteiger partial charge in [0.1, 0.15) is 0 Å². The molecule has 2 aromatic rings. The molecule has 1 unspecified atom stereocenters. The zero-order chi connectivity index (χ0) is 23.4. The standard InChI is InChI=1S/C19H22F3N3O5S/c1-11(2)30-10-13(26)8-25-18(27)17-16(23)7-15(9-24-17)31(28,29)14-5-3-12(4-6-14)19(20,21)22/h3-7,9,11,13,26H,8,10,23H2,1-2H3,(H,25,27). The molecule has 170 valence electrons. The van der Waals surface area contributed by atoms with Crippen molar-refractivity contribution in [2.24, 2.45) is 0 Å². The minimum atomic E-state index is -4.60. The molecule has 0 aliphatic heterocycles. The van der Waals surface area contributed by atoms with Crippen LogP contribution in [0.4, 0.5) is 18.9 Å². The van der Waals surface area contributed by atoms with E-state index in [4.69, 9.17) is 10.5 Å². The number of rotatable bonds is 8. The van der Waals surface area contributed by atoms with E-state index >= 15 is 0 Å². The second-order valence-electron chi connectivity index (χ2n) is 6.88. The van der Waals surface area contributed by atoms with Crippen LogP contribution in [0.3, 0.4) is 0 Å². The van der Waals surface area contributed by atoms with Crippen LogP contribution in [0.1, 0.15) is 29.9 Å². The Morgan fingerprint density at radius 3 is 2.35 bits per heavy atom. The third kappa shape index (κ3) is 6.39. The van der Waals surface area contributed by atoms with Crippen molar-refractivity contribution in [3.63, 3.8) is 0 Å². The van der Waals surface area contributed by atoms with Crippen molar-refractivity contribution in [2.75, 3.05) is 18.9 Å². The number of anilines is 1. The van der Waals surface area contributed by atoms with Crippen LogP contribution >= 0.6 is 0 Å². The van der Waals surface area contributed by atoms with Crippen molar-refractivity contribution in [3.05, 3.63) is 47.8 Å². The van der Waals surface area contributed by atoms with E-state index < -0.39 is 33.6 Å². The number of nitrogen functional groups attached to an aromatic ring is 1. The Hall–Kier alpha value is -2.70. The van der Waals surface area contributed by atoms with Gasteiger partial charge >= 0.3 is 6.18 Å². The van der Waals surface area contributed by atoms with Crippen LogP contribution in [-0.2, 0) is 20.8 Å². The van der Waals surface area contributed by atoms with Gasteiger partial charge in [0.25, 0.3) is 5.91 Å². The molecule has 1 atom stereocenters. The third-order valence-corrected chi connectivity index (χ3v) is 5.77. The number of sulfone groups is 1. The van der Waals surface area contributed by atoms with Gasteiger partial charge in [-0.3, -0.25) is 4.79 Å². The van der Waals surface area contributed by atoms with Crippen LogP contribution < -0.4 is 11.1 Å². The number of amides is 1. The highest BCUT2D eigenvalue weighted by molar-refractivity contribution is 7.91. The van der Waals surface area contributed by atoms with Gasteiger partial charge in [0.2, 0.25) is 9.84 Å². The first-order chi connectivity index (χ1) is 14.3. The Morgan fingerprint density at radius 2 is 1.84 bits per heavy atom. The van der Waals surface area contributed by atoms with Crippen molar-refractivity contribution >= 4 is 21.4 Å². The van der Waals surface area contributed by atoms with Crippen molar-refractivity contribution in [3.8, 4) is 0 Å². The van der Waals surface area contributed by atoms with E-state index in [1.165, 1.54) is 0 Å². The molecule has 12 heteroatoms. The van der Waals surface area contributed by atoms with E-state index in [0.717, 1.165) is 24.4 Å². The fourth-order valence-electron chi connectivity index (χ4n) is 2.41. The molecule has 0 fully saturated rings. The van der Waals surface area contributed by atoms with Crippen LogP contribution in [-0.4, -0.2) is 49.8 Å². The molecule has 4 N–H and O–H groups in total. The lowest BCUT2D eigenvalue weighted by molar-refractivity contribution is -0.137. The number of alkyl halides is 3. The molecule has 1 amide bonds. The molecule has 0 aliphatic carbocycles. The maximum atomic E-state index is 12.7. The van der Waals surface area contributed by atoms with Gasteiger partial charge in [-0.25, -0.2) is 13.4 Å². The largest absolute Gasteiger partial charge is 0.416 e. The van der Waals surface area contributed by atoms with Gasteiger partial charge < -0.3 is 20.9 Å². The van der Waals surface area contributed by atoms with Crippen LogP contribution in [0.25, 0.3) is 0 Å². The van der Waals surface area contributed by atoms with E-state index in [1.54, 1.807) is 13.8 Å². The molecule has 0 spiro atoms. The number of aliphatic hydroxyl groups excluding tert-OH is 1. The van der Waals surface area contributed by atoms with Gasteiger partial charge in [0.05, 0.1) is 39.9 Å². The highest BCUT2D eigenvalue weighted by Crippen LogP contribution is 2.31. The molecule has 31 heavy (non-hydrogen) atoms. The number of ether oxygens (including phenoxy) is 1. The fourth-order valence-corrected chi connectivity index (χ4v) is 3.65. The number of nitrogens with two attached hydrogens (primary N) is 1. The van der Waals surface area contributed by atoms with Crippen molar-refractivity contribution < 1.29 is 36.2 Å². The first-order valence-electron chi connectivity index (χ1n) is 9.08. The molecule has 1 aromatic heterocycles. The molecule has 0 saturated heterocycles. The zero-order valence-corrected chi connectivity index (χ0v) is 17.5. The summed E-state index contributed by atoms with van der Waals surface area (Å²) in [5.41, 5.74) is 4.26. The Bertz CT molecular complexity index is 1030. The molecule has 0 aliphatic rings. The lowest BCUT2D eigenvalue weighted by atomic mass is 10.2. The summed E-state index contributed by atoms with van der Waals surface area (Å²) < 4.78 is 68.5. The van der Waals surface area contributed by atoms with Gasteiger partial charge in [-0.2, -0.15) is 13.2 Å². The molecule has 8 nitrogen and oxygen atoms in total. The van der Waals surface area contributed by atoms with Gasteiger partial charge in [-0.1, -0.05) is 0 Å². The molecular weight excluding hydrogens is 439 g/mol. The van der Waals surface area contributed by atoms with E-state index in [2.05, 4.69) is 10.3 Å². The average Bonchev–Trinajstić information content (AvgIpc) is 2.69. The Morgan fingerprint density at radius 1 is 1.23 bits per heavy atom. The van der Waals surface area contributed by atoms with Crippen molar-refractivity contribution in [1.82, 2.24) is 10.3 Å². The smallest absolute Gasteiger partial charge is 0.397 e. The molecule has 1 aromatic carbocycles. The topological polar surface area (TPSA) is 132 Å². The predicted molar refractivity (Wildman–Crippen MR) is 105 cm³/mol. The number of carbonyl (C=O) groups is 1. The van der Waals surface area contributed by atoms with E-state index in [1.807, 2.05) is 0 Å². The summed E-state index contributed by atoms with van der Waals surface area (Å²) in [7, 11) is -4.21. The van der Waals surface area contributed by atoms with Gasteiger partial charge in [0, 0.05) is 12.7 Å². The molecule has 0 radical (unpaired) electrons. The number of carbonyl (C=O) groups excluding carboxylic acids is 1. The van der Waals surface area contributed by atoms with Gasteiger partial charge in [-0.05, 0) is 44.2 Å². The zero-order valence-electron chi connectivity index (χ0n) is 16.7. The first kappa shape index (κ1) is 24.6. The van der Waals surface area contributed by atoms with E-state index in [0.29, 0.717) is 12.1 Å². The lowest BCUT2D eigenvalue weighted by Gasteiger charge is -2.14. The normalized spacial score (nSPS) is 13.3. The molecule has 1 heterocycles. The number of benzene rings is 1. The molecule has 0 bridgehead atoms. The second-order valence-corrected chi connectivity index (χ2v) is 8.83. The summed E-state index contributed by atoms with van der Waals surface area (Å²) in [5, 5.41) is 12.2. The van der Waals surface area contributed by atoms with E-state index in [9.17, 15) is 31.5 Å². The number of hydrogen-bond donors (Lipinski definition) is 3. The number of halogens is 3. The minimum absolute atomic E-state index is 0.00513. The summed E-state index contributed by atoms with van der Waals surface area (Å²) in [4.78, 5) is 15.2. The molecule has 0 saturated carbocycles. The van der Waals surface area contributed by atoms with Crippen molar-refractivity contribution in [2.45, 2.75) is 42.0 Å². The summed E-state index contributed by atoms with van der Waals surface area (Å²) in [6, 6.07) is 3.96. The minimum Gasteiger partial charge on any atom is -0.397 e. The van der Waals surface area contributed by atoms with Crippen LogP contribution in [0.15, 0.2) is 46.3 Å². The van der Waals surface area contributed by atoms with Crippen LogP contribution in [0.5, 0.6) is 0 Å². The number of aromatic nitrogens is 1. The predicted octanol–water partition coefficient (Wildman–Crippen LogP) is 2.03. The fraction of sp³-hybridized carbons (Fsp3) is 0.368. The van der Waals surface area contributed by atoms with E-state index in [-0.39, 0.29) is 40.4 Å². The lowest BCUT2D eigenvalue weighted by Crippen LogP contribution is -2.35. The second kappa shape index (κ2) is 9.62. The van der Waals surface area contributed by atoms with Crippen LogP contribution in [0, 0.1) is 0 Å². The number of nitrogens with one attached hydrogen (secondary N) is 1. The SMILES string of the molecule is CC(C)OCC(O)CNC(=O)c1ncc(S(=O)(=O)c2ccc(C(F)(F)F)cc2)cc1N. The Kier molecular flexibility index (Phi) is 7.63. The summed E-state index contributed by atoms with van der Waals surface area (Å²) in [6.45, 7) is 3.44. The highest BCUT2D eigenvalue weighted by Gasteiger charge is 2.31. The number of hydrogen-bond acceptors (Lipinski definition) is 7. The molecular formula is C19H22F3N3O5S. The highest BCUT2D eigenvalue weighted by atomic mass is 32.2. The first-order valence-corrected chi connectivity index (χ1v) is 10.6. The third-order valence-electron chi connectivity index (χ3n) is 4.03. The van der Waals surface area contributed by atoms with Gasteiger partial charge in [-0.15, -0.1) is 0 Å². The summed E-state index contributed by atoms with van der Waals surface area (Å²) >= 11 is 0. The number of nitrogens with zero attached hydrogens (tertiary/aromatic N) is 1.